The highest BCUT2D eigenvalue weighted by Crippen LogP contribution is 2.21. The van der Waals surface area contributed by atoms with Gasteiger partial charge in [0.05, 0.1) is 12.0 Å². The van der Waals surface area contributed by atoms with Gasteiger partial charge in [0.25, 0.3) is 0 Å². The van der Waals surface area contributed by atoms with E-state index in [1.165, 1.54) is 0 Å². The minimum absolute atomic E-state index is 0.156. The summed E-state index contributed by atoms with van der Waals surface area (Å²) in [6.45, 7) is 0.321. The van der Waals surface area contributed by atoms with Crippen molar-refractivity contribution in [2.45, 2.75) is 0 Å². The summed E-state index contributed by atoms with van der Waals surface area (Å²) in [5.41, 5.74) is 7.86. The zero-order valence-electron chi connectivity index (χ0n) is 10.7. The Labute approximate surface area is 111 Å². The van der Waals surface area contributed by atoms with Crippen molar-refractivity contribution < 1.29 is 9.13 Å². The van der Waals surface area contributed by atoms with Gasteiger partial charge in [0, 0.05) is 30.9 Å². The predicted octanol–water partition coefficient (Wildman–Crippen LogP) is 2.28. The molecule has 0 bridgehead atoms. The van der Waals surface area contributed by atoms with E-state index in [0.717, 1.165) is 11.3 Å². The normalized spacial score (nSPS) is 11.6. The molecule has 2 N–H and O–H groups in total. The molecule has 2 aromatic rings. The first-order valence-corrected chi connectivity index (χ1v) is 5.94. The van der Waals surface area contributed by atoms with Gasteiger partial charge in [-0.1, -0.05) is 0 Å². The summed E-state index contributed by atoms with van der Waals surface area (Å²) < 4.78 is 19.6. The maximum atomic E-state index is 12.3. The van der Waals surface area contributed by atoms with Gasteiger partial charge in [0.2, 0.25) is 0 Å². The smallest absolute Gasteiger partial charge is 0.119 e. The Morgan fingerprint density at radius 2 is 2.11 bits per heavy atom. The summed E-state index contributed by atoms with van der Waals surface area (Å²) in [5, 5.41) is 4.12. The van der Waals surface area contributed by atoms with Crippen molar-refractivity contribution in [3.05, 3.63) is 48.4 Å². The molecule has 19 heavy (non-hydrogen) atoms. The molecule has 1 aromatic heterocycles. The van der Waals surface area contributed by atoms with Crippen molar-refractivity contribution in [3.8, 4) is 17.0 Å². The number of nitrogens with zero attached hydrogens (tertiary/aromatic N) is 2. The third-order valence-corrected chi connectivity index (χ3v) is 2.81. The molecule has 0 saturated heterocycles. The number of hydrogen-bond acceptors (Lipinski definition) is 3. The lowest BCUT2D eigenvalue weighted by atomic mass is 10.1. The molecular formula is C14H16FN3O. The Kier molecular flexibility index (Phi) is 4.30. The monoisotopic (exact) mass is 261 g/mol. The molecule has 100 valence electrons. The molecule has 0 spiro atoms. The fourth-order valence-corrected chi connectivity index (χ4v) is 1.69. The molecule has 0 saturated carbocycles. The molecule has 2 rings (SSSR count). The summed E-state index contributed by atoms with van der Waals surface area (Å²) in [6, 6.07) is 9.50. The lowest BCUT2D eigenvalue weighted by molar-refractivity contribution is 0.347. The highest BCUT2D eigenvalue weighted by molar-refractivity contribution is 5.60. The van der Waals surface area contributed by atoms with E-state index in [4.69, 9.17) is 10.5 Å². The van der Waals surface area contributed by atoms with Gasteiger partial charge in [-0.2, -0.15) is 5.10 Å². The van der Waals surface area contributed by atoms with Crippen molar-refractivity contribution in [2.24, 2.45) is 12.8 Å². The van der Waals surface area contributed by atoms with Crippen molar-refractivity contribution >= 4 is 0 Å². The summed E-state index contributed by atoms with van der Waals surface area (Å²) in [7, 11) is 1.89. The minimum atomic E-state index is 0.156. The molecule has 5 heteroatoms. The molecule has 1 heterocycles. The summed E-state index contributed by atoms with van der Waals surface area (Å²) in [5.74, 6) is 0.679. The number of hydrogen-bond donors (Lipinski definition) is 1. The number of ether oxygens (including phenoxy) is 1. The van der Waals surface area contributed by atoms with Crippen LogP contribution in [0, 0.1) is 0 Å². The van der Waals surface area contributed by atoms with Crippen LogP contribution in [-0.2, 0) is 7.05 Å². The maximum Gasteiger partial charge on any atom is 0.119 e. The van der Waals surface area contributed by atoms with Gasteiger partial charge in [-0.05, 0) is 30.3 Å². The van der Waals surface area contributed by atoms with Gasteiger partial charge in [0.1, 0.15) is 12.4 Å². The zero-order chi connectivity index (χ0) is 13.7. The van der Waals surface area contributed by atoms with E-state index in [1.807, 2.05) is 37.4 Å². The van der Waals surface area contributed by atoms with Gasteiger partial charge in [-0.15, -0.1) is 0 Å². The number of aryl methyl sites for hydroxylation is 1. The molecule has 0 aliphatic rings. The number of nitrogens with two attached hydrogens (primary N) is 1. The van der Waals surface area contributed by atoms with Crippen molar-refractivity contribution in [3.63, 3.8) is 0 Å². The lowest BCUT2D eigenvalue weighted by Crippen LogP contribution is -2.10. The van der Waals surface area contributed by atoms with E-state index in [0.29, 0.717) is 17.7 Å². The van der Waals surface area contributed by atoms with Crippen LogP contribution in [0.15, 0.2) is 48.4 Å². The predicted molar refractivity (Wildman–Crippen MR) is 72.4 cm³/mol. The van der Waals surface area contributed by atoms with Crippen LogP contribution in [0.4, 0.5) is 4.39 Å². The molecule has 0 amide bonds. The SMILES string of the molecule is Cn1nccc1-c1ccc(OC/C(=C/F)CN)cc1. The topological polar surface area (TPSA) is 53.1 Å². The van der Waals surface area contributed by atoms with Crippen molar-refractivity contribution in [2.75, 3.05) is 13.2 Å². The van der Waals surface area contributed by atoms with Crippen LogP contribution in [0.3, 0.4) is 0 Å². The van der Waals surface area contributed by atoms with Gasteiger partial charge in [0.15, 0.2) is 0 Å². The number of halogens is 1. The second-order valence-electron chi connectivity index (χ2n) is 4.12. The average molecular weight is 261 g/mol. The number of benzene rings is 1. The van der Waals surface area contributed by atoms with Crippen LogP contribution in [0.5, 0.6) is 5.75 Å². The fourth-order valence-electron chi connectivity index (χ4n) is 1.69. The van der Waals surface area contributed by atoms with E-state index >= 15 is 0 Å². The molecule has 4 nitrogen and oxygen atoms in total. The first kappa shape index (κ1) is 13.3. The Bertz CT molecular complexity index is 560. The Morgan fingerprint density at radius 1 is 1.37 bits per heavy atom. The maximum absolute atomic E-state index is 12.3. The minimum Gasteiger partial charge on any atom is -0.489 e. The lowest BCUT2D eigenvalue weighted by Gasteiger charge is -2.08. The number of rotatable bonds is 5. The third-order valence-electron chi connectivity index (χ3n) is 2.81. The second kappa shape index (κ2) is 6.15. The van der Waals surface area contributed by atoms with Crippen LogP contribution < -0.4 is 10.5 Å². The van der Waals surface area contributed by atoms with Crippen LogP contribution in [0.25, 0.3) is 11.3 Å². The average Bonchev–Trinajstić information content (AvgIpc) is 2.87. The highest BCUT2D eigenvalue weighted by atomic mass is 19.1. The van der Waals surface area contributed by atoms with Crippen LogP contribution in [0.1, 0.15) is 0 Å². The highest BCUT2D eigenvalue weighted by Gasteiger charge is 2.03. The van der Waals surface area contributed by atoms with E-state index in [-0.39, 0.29) is 13.2 Å². The molecule has 0 radical (unpaired) electrons. The van der Waals surface area contributed by atoms with Crippen molar-refractivity contribution in [1.82, 2.24) is 9.78 Å². The first-order valence-electron chi connectivity index (χ1n) is 5.94. The van der Waals surface area contributed by atoms with Crippen molar-refractivity contribution in [1.29, 1.82) is 0 Å². The van der Waals surface area contributed by atoms with Crippen LogP contribution >= 0.6 is 0 Å². The Hall–Kier alpha value is -2.14. The zero-order valence-corrected chi connectivity index (χ0v) is 10.7. The Balaban J connectivity index is 2.05. The molecule has 0 unspecified atom stereocenters. The molecule has 1 aromatic carbocycles. The first-order chi connectivity index (χ1) is 9.24. The molecule has 0 fully saturated rings. The van der Waals surface area contributed by atoms with Gasteiger partial charge in [-0.25, -0.2) is 4.39 Å². The second-order valence-corrected chi connectivity index (χ2v) is 4.12. The van der Waals surface area contributed by atoms with E-state index in [9.17, 15) is 4.39 Å². The molecular weight excluding hydrogens is 245 g/mol. The van der Waals surface area contributed by atoms with E-state index in [2.05, 4.69) is 5.10 Å². The Morgan fingerprint density at radius 3 is 2.63 bits per heavy atom. The summed E-state index contributed by atoms with van der Waals surface area (Å²) in [6.07, 6.45) is 2.24. The summed E-state index contributed by atoms with van der Waals surface area (Å²) >= 11 is 0. The van der Waals surface area contributed by atoms with E-state index in [1.54, 1.807) is 10.9 Å². The molecule has 0 aliphatic heterocycles. The number of aromatic nitrogens is 2. The largest absolute Gasteiger partial charge is 0.489 e. The third kappa shape index (κ3) is 3.20. The summed E-state index contributed by atoms with van der Waals surface area (Å²) in [4.78, 5) is 0. The fraction of sp³-hybridized carbons (Fsp3) is 0.214. The standard InChI is InChI=1S/C14H16FN3O/c1-18-14(6-7-17-18)12-2-4-13(5-3-12)19-10-11(8-15)9-16/h2-8H,9-10,16H2,1H3/b11-8+. The van der Waals surface area contributed by atoms with Gasteiger partial charge >= 0.3 is 0 Å². The van der Waals surface area contributed by atoms with Gasteiger partial charge < -0.3 is 10.5 Å². The molecule has 0 aliphatic carbocycles. The quantitative estimate of drug-likeness (QED) is 0.898. The van der Waals surface area contributed by atoms with Crippen LogP contribution in [-0.4, -0.2) is 22.9 Å². The van der Waals surface area contributed by atoms with Gasteiger partial charge in [-0.3, -0.25) is 4.68 Å². The molecule has 0 atom stereocenters. The van der Waals surface area contributed by atoms with E-state index < -0.39 is 0 Å². The van der Waals surface area contributed by atoms with Crippen LogP contribution in [0.2, 0.25) is 0 Å².